The van der Waals surface area contributed by atoms with E-state index >= 15 is 0 Å². The number of pyridine rings is 1. The number of likely N-dealkylation sites (tertiary alicyclic amines) is 1. The van der Waals surface area contributed by atoms with Crippen LogP contribution in [0.4, 0.5) is 0 Å². The van der Waals surface area contributed by atoms with E-state index in [2.05, 4.69) is 39.0 Å². The molecule has 2 heterocycles. The molecule has 1 saturated heterocycles. The summed E-state index contributed by atoms with van der Waals surface area (Å²) in [5.74, 6) is 1.65. The van der Waals surface area contributed by atoms with Gasteiger partial charge in [-0.2, -0.15) is 0 Å². The molecule has 0 unspecified atom stereocenters. The average molecular weight is 331 g/mol. The molecule has 1 aliphatic rings. The zero-order valence-corrected chi connectivity index (χ0v) is 14.6. The molecule has 24 heavy (non-hydrogen) atoms. The first-order valence-electron chi connectivity index (χ1n) is 8.72. The molecule has 0 amide bonds. The van der Waals surface area contributed by atoms with Crippen molar-refractivity contribution in [3.05, 3.63) is 37.2 Å². The Kier molecular flexibility index (Phi) is 8.10. The summed E-state index contributed by atoms with van der Waals surface area (Å²) in [5, 5.41) is 6.84. The normalized spacial score (nSPS) is 16.6. The Hall–Kier alpha value is -2.08. The van der Waals surface area contributed by atoms with E-state index in [0.717, 1.165) is 50.7 Å². The highest BCUT2D eigenvalue weighted by atomic mass is 16.5. The maximum Gasteiger partial charge on any atom is 0.191 e. The van der Waals surface area contributed by atoms with Crippen molar-refractivity contribution in [2.45, 2.75) is 25.8 Å². The van der Waals surface area contributed by atoms with Crippen LogP contribution in [0.1, 0.15) is 19.8 Å². The Morgan fingerprint density at radius 3 is 3.00 bits per heavy atom. The van der Waals surface area contributed by atoms with Crippen LogP contribution in [-0.2, 0) is 0 Å². The fourth-order valence-electron chi connectivity index (χ4n) is 2.71. The highest BCUT2D eigenvalue weighted by Gasteiger charge is 2.18. The number of hydrogen-bond acceptors (Lipinski definition) is 4. The molecule has 0 bridgehead atoms. The van der Waals surface area contributed by atoms with Crippen LogP contribution in [0.5, 0.6) is 5.75 Å². The van der Waals surface area contributed by atoms with Gasteiger partial charge in [-0.05, 0) is 31.9 Å². The number of nitrogens with zero attached hydrogens (tertiary/aromatic N) is 3. The zero-order valence-electron chi connectivity index (χ0n) is 14.6. The third-order valence-corrected chi connectivity index (χ3v) is 3.92. The Balaban J connectivity index is 1.73. The summed E-state index contributed by atoms with van der Waals surface area (Å²) < 4.78 is 5.62. The lowest BCUT2D eigenvalue weighted by Crippen LogP contribution is -2.48. The van der Waals surface area contributed by atoms with Gasteiger partial charge in [0.1, 0.15) is 12.4 Å². The van der Waals surface area contributed by atoms with Gasteiger partial charge in [-0.1, -0.05) is 6.08 Å². The lowest BCUT2D eigenvalue weighted by Gasteiger charge is -2.32. The minimum absolute atomic E-state index is 0.475. The van der Waals surface area contributed by atoms with Gasteiger partial charge in [-0.15, -0.1) is 6.58 Å². The molecule has 6 heteroatoms. The lowest BCUT2D eigenvalue weighted by atomic mass is 10.1. The Morgan fingerprint density at radius 1 is 1.50 bits per heavy atom. The number of guanidine groups is 1. The number of ether oxygens (including phenoxy) is 1. The van der Waals surface area contributed by atoms with Gasteiger partial charge in [-0.3, -0.25) is 9.88 Å². The summed E-state index contributed by atoms with van der Waals surface area (Å²) in [7, 11) is 0. The maximum absolute atomic E-state index is 5.62. The molecule has 0 saturated carbocycles. The van der Waals surface area contributed by atoms with Crippen molar-refractivity contribution in [1.29, 1.82) is 0 Å². The van der Waals surface area contributed by atoms with Gasteiger partial charge in [0.05, 0.1) is 12.7 Å². The molecule has 1 aliphatic heterocycles. The van der Waals surface area contributed by atoms with Gasteiger partial charge in [0, 0.05) is 38.4 Å². The topological polar surface area (TPSA) is 61.8 Å². The Labute approximate surface area is 145 Å². The molecular formula is C18H29N5O. The predicted molar refractivity (Wildman–Crippen MR) is 98.5 cm³/mol. The van der Waals surface area contributed by atoms with Crippen LogP contribution in [0.3, 0.4) is 0 Å². The molecule has 0 atom stereocenters. The second-order valence-electron chi connectivity index (χ2n) is 5.81. The molecule has 0 aliphatic carbocycles. The molecule has 6 nitrogen and oxygen atoms in total. The van der Waals surface area contributed by atoms with Gasteiger partial charge in [0.25, 0.3) is 0 Å². The van der Waals surface area contributed by atoms with Crippen molar-refractivity contribution in [3.63, 3.8) is 0 Å². The third-order valence-electron chi connectivity index (χ3n) is 3.92. The van der Waals surface area contributed by atoms with Crippen LogP contribution < -0.4 is 15.4 Å². The minimum Gasteiger partial charge on any atom is -0.490 e. The first kappa shape index (κ1) is 18.3. The van der Waals surface area contributed by atoms with Gasteiger partial charge in [-0.25, -0.2) is 4.99 Å². The van der Waals surface area contributed by atoms with E-state index in [1.165, 1.54) is 0 Å². The molecule has 1 fully saturated rings. The van der Waals surface area contributed by atoms with Gasteiger partial charge in [0.15, 0.2) is 5.96 Å². The van der Waals surface area contributed by atoms with Crippen molar-refractivity contribution >= 4 is 5.96 Å². The van der Waals surface area contributed by atoms with Crippen molar-refractivity contribution < 1.29 is 4.74 Å². The zero-order chi connectivity index (χ0) is 17.0. The maximum atomic E-state index is 5.62. The number of aromatic nitrogens is 1. The number of hydrogen-bond donors (Lipinski definition) is 2. The number of piperidine rings is 1. The highest BCUT2D eigenvalue weighted by molar-refractivity contribution is 5.80. The molecule has 1 aromatic heterocycles. The molecule has 2 N–H and O–H groups in total. The van der Waals surface area contributed by atoms with E-state index in [0.29, 0.717) is 19.2 Å². The first-order valence-corrected chi connectivity index (χ1v) is 8.72. The van der Waals surface area contributed by atoms with Crippen LogP contribution >= 0.6 is 0 Å². The predicted octanol–water partition coefficient (Wildman–Crippen LogP) is 1.67. The summed E-state index contributed by atoms with van der Waals surface area (Å²) in [5.41, 5.74) is 0. The van der Waals surface area contributed by atoms with Crippen LogP contribution in [-0.4, -0.2) is 61.2 Å². The van der Waals surface area contributed by atoms with E-state index in [1.807, 2.05) is 18.2 Å². The second kappa shape index (κ2) is 10.6. The monoisotopic (exact) mass is 331 g/mol. The Morgan fingerprint density at radius 2 is 2.33 bits per heavy atom. The second-order valence-corrected chi connectivity index (χ2v) is 5.81. The van der Waals surface area contributed by atoms with Gasteiger partial charge >= 0.3 is 0 Å². The van der Waals surface area contributed by atoms with Gasteiger partial charge in [0.2, 0.25) is 0 Å². The average Bonchev–Trinajstić information content (AvgIpc) is 2.61. The van der Waals surface area contributed by atoms with E-state index in [4.69, 9.17) is 4.74 Å². The van der Waals surface area contributed by atoms with E-state index in [1.54, 1.807) is 12.4 Å². The lowest BCUT2D eigenvalue weighted by molar-refractivity contribution is 0.225. The molecular weight excluding hydrogens is 302 g/mol. The van der Waals surface area contributed by atoms with Gasteiger partial charge < -0.3 is 15.4 Å². The van der Waals surface area contributed by atoms with Crippen molar-refractivity contribution in [3.8, 4) is 5.75 Å². The molecule has 2 rings (SSSR count). The first-order chi connectivity index (χ1) is 11.8. The van der Waals surface area contributed by atoms with Crippen LogP contribution in [0.2, 0.25) is 0 Å². The summed E-state index contributed by atoms with van der Waals surface area (Å²) >= 11 is 0. The standard InChI is InChI=1S/C18H29N5O/c1-3-11-23-12-7-16(8-13-23)22-18(20-4-2)21-10-14-24-17-6-5-9-19-15-17/h3,5-6,9,15-16H,1,4,7-8,10-14H2,2H3,(H2,20,21,22). The highest BCUT2D eigenvalue weighted by Crippen LogP contribution is 2.10. The van der Waals surface area contributed by atoms with Crippen molar-refractivity contribution in [1.82, 2.24) is 20.5 Å². The third kappa shape index (κ3) is 6.58. The van der Waals surface area contributed by atoms with E-state index in [9.17, 15) is 0 Å². The van der Waals surface area contributed by atoms with E-state index in [-0.39, 0.29) is 0 Å². The smallest absolute Gasteiger partial charge is 0.191 e. The summed E-state index contributed by atoms with van der Waals surface area (Å²) in [6, 6.07) is 4.24. The molecule has 0 radical (unpaired) electrons. The van der Waals surface area contributed by atoms with Crippen LogP contribution in [0, 0.1) is 0 Å². The van der Waals surface area contributed by atoms with Crippen LogP contribution in [0.15, 0.2) is 42.2 Å². The Bertz CT molecular complexity index is 497. The molecule has 0 aromatic carbocycles. The SMILES string of the molecule is C=CCN1CCC(NC(=NCCOc2cccnc2)NCC)CC1. The van der Waals surface area contributed by atoms with Crippen molar-refractivity contribution in [2.75, 3.05) is 39.3 Å². The molecule has 1 aromatic rings. The summed E-state index contributed by atoms with van der Waals surface area (Å²) in [4.78, 5) is 11.1. The summed E-state index contributed by atoms with van der Waals surface area (Å²) in [6.45, 7) is 11.1. The van der Waals surface area contributed by atoms with Crippen LogP contribution in [0.25, 0.3) is 0 Å². The number of nitrogens with one attached hydrogen (secondary N) is 2. The quantitative estimate of drug-likeness (QED) is 0.328. The summed E-state index contributed by atoms with van der Waals surface area (Å²) in [6.07, 6.45) is 7.68. The largest absolute Gasteiger partial charge is 0.490 e. The fourth-order valence-corrected chi connectivity index (χ4v) is 2.71. The molecule has 0 spiro atoms. The fraction of sp³-hybridized carbons (Fsp3) is 0.556. The van der Waals surface area contributed by atoms with E-state index < -0.39 is 0 Å². The minimum atomic E-state index is 0.475. The number of aliphatic imine (C=N–C) groups is 1. The number of rotatable bonds is 8. The molecule has 132 valence electrons. The van der Waals surface area contributed by atoms with Crippen molar-refractivity contribution in [2.24, 2.45) is 4.99 Å².